The smallest absolute Gasteiger partial charge is 0.173 e. The van der Waals surface area contributed by atoms with E-state index >= 15 is 0 Å². The van der Waals surface area contributed by atoms with E-state index in [9.17, 15) is 14.7 Å². The average Bonchev–Trinajstić information content (AvgIpc) is 2.99. The van der Waals surface area contributed by atoms with Gasteiger partial charge >= 0.3 is 0 Å². The number of benzene rings is 1. The van der Waals surface area contributed by atoms with Crippen molar-refractivity contribution in [2.45, 2.75) is 24.2 Å². The van der Waals surface area contributed by atoms with Gasteiger partial charge in [-0.05, 0) is 43.7 Å². The molecule has 2 fully saturated rings. The van der Waals surface area contributed by atoms with Crippen molar-refractivity contribution in [2.24, 2.45) is 11.8 Å². The van der Waals surface area contributed by atoms with Gasteiger partial charge in [-0.2, -0.15) is 0 Å². The first-order valence-electron chi connectivity index (χ1n) is 7.30. The van der Waals surface area contributed by atoms with Gasteiger partial charge in [0.25, 0.3) is 0 Å². The molecule has 1 N–H and O–H groups in total. The van der Waals surface area contributed by atoms with Gasteiger partial charge in [-0.15, -0.1) is 11.8 Å². The quantitative estimate of drug-likeness (QED) is 0.401. The zero-order valence-electron chi connectivity index (χ0n) is 12.6. The Kier molecular flexibility index (Phi) is 4.00. The monoisotopic (exact) mass is 318 g/mol. The van der Waals surface area contributed by atoms with Crippen molar-refractivity contribution in [2.75, 3.05) is 13.4 Å². The molecule has 22 heavy (non-hydrogen) atoms. The van der Waals surface area contributed by atoms with E-state index in [0.717, 1.165) is 17.7 Å². The van der Waals surface area contributed by atoms with Crippen LogP contribution in [-0.2, 0) is 9.59 Å². The summed E-state index contributed by atoms with van der Waals surface area (Å²) in [7, 11) is 1.51. The van der Waals surface area contributed by atoms with E-state index in [4.69, 9.17) is 4.74 Å². The number of fused-ring (bicyclic) bond motifs is 2. The molecule has 0 aromatic heterocycles. The van der Waals surface area contributed by atoms with Gasteiger partial charge in [0.05, 0.1) is 12.7 Å². The van der Waals surface area contributed by atoms with Crippen LogP contribution in [0, 0.1) is 11.8 Å². The van der Waals surface area contributed by atoms with Crippen molar-refractivity contribution in [1.82, 2.24) is 0 Å². The molecular weight excluding hydrogens is 300 g/mol. The summed E-state index contributed by atoms with van der Waals surface area (Å²) in [4.78, 5) is 25.9. The Morgan fingerprint density at radius 2 is 1.86 bits per heavy atom. The van der Waals surface area contributed by atoms with E-state index in [1.807, 2.05) is 12.3 Å². The molecule has 0 radical (unpaired) electrons. The van der Waals surface area contributed by atoms with Gasteiger partial charge in [0.15, 0.2) is 11.6 Å². The molecule has 3 rings (SSSR count). The molecule has 1 aromatic rings. The number of aliphatic hydroxyl groups excluding tert-OH is 1. The number of methoxy groups -OCH3 is 1. The zero-order chi connectivity index (χ0) is 15.9. The molecule has 0 amide bonds. The standard InChI is InChI=1S/C17H18O4S/c1-21-13-8-11(22-2)5-6-12(13)17(20)14-15(18)9-3-4-10(7-9)16(14)19/h5-6,8-10,20H,3-4,7H2,1-2H3. The second-order valence-electron chi connectivity index (χ2n) is 5.73. The molecule has 0 saturated heterocycles. The largest absolute Gasteiger partial charge is 0.506 e. The van der Waals surface area contributed by atoms with Crippen LogP contribution in [0.1, 0.15) is 24.8 Å². The summed E-state index contributed by atoms with van der Waals surface area (Å²) in [5.41, 5.74) is 0.368. The number of rotatable bonds is 3. The van der Waals surface area contributed by atoms with E-state index in [0.29, 0.717) is 17.7 Å². The normalized spacial score (nSPS) is 23.8. The average molecular weight is 318 g/mol. The summed E-state index contributed by atoms with van der Waals surface area (Å²) in [6.45, 7) is 0. The second-order valence-corrected chi connectivity index (χ2v) is 6.60. The third kappa shape index (κ3) is 2.33. The van der Waals surface area contributed by atoms with Gasteiger partial charge in [-0.3, -0.25) is 9.59 Å². The first kappa shape index (κ1) is 15.2. The Labute approximate surface area is 133 Å². The van der Waals surface area contributed by atoms with Gasteiger partial charge in [-0.25, -0.2) is 0 Å². The summed E-state index contributed by atoms with van der Waals surface area (Å²) in [6.07, 6.45) is 4.07. The minimum Gasteiger partial charge on any atom is -0.506 e. The molecule has 2 saturated carbocycles. The number of carbonyl (C=O) groups is 2. The van der Waals surface area contributed by atoms with Gasteiger partial charge in [-0.1, -0.05) is 0 Å². The van der Waals surface area contributed by atoms with E-state index < -0.39 is 0 Å². The minimum absolute atomic E-state index is 0.0334. The number of Topliss-reactive ketones (excluding diaryl/α,β-unsaturated/α-hetero) is 2. The van der Waals surface area contributed by atoms with Crippen LogP contribution in [0.2, 0.25) is 0 Å². The van der Waals surface area contributed by atoms with E-state index in [2.05, 4.69) is 0 Å². The topological polar surface area (TPSA) is 63.6 Å². The number of ketones is 2. The van der Waals surface area contributed by atoms with Crippen molar-refractivity contribution < 1.29 is 19.4 Å². The van der Waals surface area contributed by atoms with Crippen molar-refractivity contribution in [1.29, 1.82) is 0 Å². The fourth-order valence-electron chi connectivity index (χ4n) is 3.35. The molecule has 0 spiro atoms. The highest BCUT2D eigenvalue weighted by Crippen LogP contribution is 2.42. The molecule has 1 aromatic carbocycles. The number of carbonyl (C=O) groups excluding carboxylic acids is 2. The number of thioether (sulfide) groups is 1. The fourth-order valence-corrected chi connectivity index (χ4v) is 3.78. The highest BCUT2D eigenvalue weighted by atomic mass is 32.2. The lowest BCUT2D eigenvalue weighted by molar-refractivity contribution is -0.127. The van der Waals surface area contributed by atoms with Crippen molar-refractivity contribution >= 4 is 29.1 Å². The van der Waals surface area contributed by atoms with Crippen LogP contribution in [0.15, 0.2) is 28.7 Å². The summed E-state index contributed by atoms with van der Waals surface area (Å²) in [5.74, 6) is -0.432. The summed E-state index contributed by atoms with van der Waals surface area (Å²) < 4.78 is 5.31. The fraction of sp³-hybridized carbons (Fsp3) is 0.412. The maximum Gasteiger partial charge on any atom is 0.173 e. The molecule has 2 unspecified atom stereocenters. The van der Waals surface area contributed by atoms with Gasteiger partial charge in [0, 0.05) is 16.7 Å². The molecule has 2 atom stereocenters. The van der Waals surface area contributed by atoms with Crippen LogP contribution < -0.4 is 4.74 Å². The van der Waals surface area contributed by atoms with Gasteiger partial charge in [0.1, 0.15) is 17.1 Å². The first-order chi connectivity index (χ1) is 10.6. The van der Waals surface area contributed by atoms with Crippen molar-refractivity contribution in [3.05, 3.63) is 29.3 Å². The predicted octanol–water partition coefficient (Wildman–Crippen LogP) is 3.25. The highest BCUT2D eigenvalue weighted by Gasteiger charge is 2.45. The summed E-state index contributed by atoms with van der Waals surface area (Å²) in [5, 5.41) is 10.6. The molecule has 2 aliphatic carbocycles. The van der Waals surface area contributed by atoms with Gasteiger partial charge in [0.2, 0.25) is 0 Å². The Bertz CT molecular complexity index is 653. The van der Waals surface area contributed by atoms with Crippen LogP contribution in [0.25, 0.3) is 5.76 Å². The Morgan fingerprint density at radius 3 is 2.41 bits per heavy atom. The molecule has 0 aliphatic heterocycles. The Hall–Kier alpha value is -1.75. The maximum atomic E-state index is 12.4. The molecule has 2 aliphatic rings. The van der Waals surface area contributed by atoms with Crippen molar-refractivity contribution in [3.63, 3.8) is 0 Å². The van der Waals surface area contributed by atoms with E-state index in [1.54, 1.807) is 23.9 Å². The third-order valence-electron chi connectivity index (χ3n) is 4.57. The summed E-state index contributed by atoms with van der Waals surface area (Å²) >= 11 is 1.55. The highest BCUT2D eigenvalue weighted by molar-refractivity contribution is 7.98. The lowest BCUT2D eigenvalue weighted by Crippen LogP contribution is -2.30. The lowest BCUT2D eigenvalue weighted by atomic mass is 9.81. The van der Waals surface area contributed by atoms with Crippen LogP contribution in [0.4, 0.5) is 0 Å². The second kappa shape index (κ2) is 5.80. The molecule has 0 heterocycles. The predicted molar refractivity (Wildman–Crippen MR) is 85.2 cm³/mol. The first-order valence-corrected chi connectivity index (χ1v) is 8.53. The number of ether oxygens (including phenoxy) is 1. The molecule has 2 bridgehead atoms. The third-order valence-corrected chi connectivity index (χ3v) is 5.29. The number of allylic oxidation sites excluding steroid dienone is 1. The van der Waals surface area contributed by atoms with Gasteiger partial charge < -0.3 is 9.84 Å². The lowest BCUT2D eigenvalue weighted by Gasteiger charge is -2.21. The van der Waals surface area contributed by atoms with Crippen LogP contribution in [0.3, 0.4) is 0 Å². The van der Waals surface area contributed by atoms with Crippen molar-refractivity contribution in [3.8, 4) is 5.75 Å². The van der Waals surface area contributed by atoms with E-state index in [1.165, 1.54) is 7.11 Å². The SMILES string of the molecule is COc1cc(SC)ccc1C(O)=C1C(=O)C2CCC(C2)C1=O. The van der Waals surface area contributed by atoms with E-state index in [-0.39, 0.29) is 34.7 Å². The van der Waals surface area contributed by atoms with Crippen LogP contribution >= 0.6 is 11.8 Å². The number of hydrogen-bond donors (Lipinski definition) is 1. The zero-order valence-corrected chi connectivity index (χ0v) is 13.4. The Balaban J connectivity index is 2.11. The maximum absolute atomic E-state index is 12.4. The number of aliphatic hydroxyl groups is 1. The Morgan fingerprint density at radius 1 is 1.23 bits per heavy atom. The molecular formula is C17H18O4S. The summed E-state index contributed by atoms with van der Waals surface area (Å²) in [6, 6.07) is 5.33. The minimum atomic E-state index is -0.240. The molecule has 5 heteroatoms. The number of hydrogen-bond acceptors (Lipinski definition) is 5. The van der Waals surface area contributed by atoms with Crippen LogP contribution in [0.5, 0.6) is 5.75 Å². The molecule has 4 nitrogen and oxygen atoms in total. The molecule has 116 valence electrons. The van der Waals surface area contributed by atoms with Crippen LogP contribution in [-0.4, -0.2) is 30.0 Å².